The topological polar surface area (TPSA) is 51.0 Å². The van der Waals surface area contributed by atoms with Crippen LogP contribution in [0.25, 0.3) is 0 Å². The predicted octanol–water partition coefficient (Wildman–Crippen LogP) is 4.65. The molecule has 1 N–H and O–H groups in total. The SMILES string of the molecule is CNC(C)Cc1noc(C2(c3cccc(Br)c3)CCCCC2)n1.Cl. The summed E-state index contributed by atoms with van der Waals surface area (Å²) in [5.41, 5.74) is 1.15. The zero-order valence-corrected chi connectivity index (χ0v) is 16.6. The van der Waals surface area contributed by atoms with Crippen molar-refractivity contribution < 1.29 is 4.52 Å². The summed E-state index contributed by atoms with van der Waals surface area (Å²) in [6, 6.07) is 8.89. The van der Waals surface area contributed by atoms with Crippen molar-refractivity contribution in [3.8, 4) is 0 Å². The number of likely N-dealkylation sites (N-methyl/N-ethyl adjacent to an activating group) is 1. The van der Waals surface area contributed by atoms with Gasteiger partial charge in [-0.1, -0.05) is 52.5 Å². The fourth-order valence-electron chi connectivity index (χ4n) is 3.47. The van der Waals surface area contributed by atoms with E-state index in [2.05, 4.69) is 57.6 Å². The Labute approximate surface area is 158 Å². The van der Waals surface area contributed by atoms with Crippen molar-refractivity contribution in [2.45, 2.75) is 56.9 Å². The molecule has 0 spiro atoms. The van der Waals surface area contributed by atoms with E-state index in [0.29, 0.717) is 6.04 Å². The molecule has 0 saturated heterocycles. The second kappa shape index (κ2) is 8.45. The molecule has 1 saturated carbocycles. The van der Waals surface area contributed by atoms with E-state index in [0.717, 1.165) is 35.5 Å². The maximum absolute atomic E-state index is 5.74. The third kappa shape index (κ3) is 4.01. The molecule has 1 aromatic carbocycles. The van der Waals surface area contributed by atoms with Gasteiger partial charge in [0.1, 0.15) is 0 Å². The highest BCUT2D eigenvalue weighted by Crippen LogP contribution is 2.44. The van der Waals surface area contributed by atoms with E-state index in [1.54, 1.807) is 0 Å². The number of aromatic nitrogens is 2. The number of nitrogens with one attached hydrogen (secondary N) is 1. The van der Waals surface area contributed by atoms with Gasteiger partial charge in [0.25, 0.3) is 0 Å². The average Bonchev–Trinajstić information content (AvgIpc) is 3.04. The highest BCUT2D eigenvalue weighted by Gasteiger charge is 2.41. The van der Waals surface area contributed by atoms with Crippen LogP contribution < -0.4 is 5.32 Å². The Morgan fingerprint density at radius 3 is 2.71 bits per heavy atom. The molecule has 1 aromatic heterocycles. The molecular formula is C18H25BrClN3O. The molecule has 1 aliphatic rings. The summed E-state index contributed by atoms with van der Waals surface area (Å²) in [4.78, 5) is 4.77. The number of hydrogen-bond acceptors (Lipinski definition) is 4. The van der Waals surface area contributed by atoms with Gasteiger partial charge in [-0.25, -0.2) is 0 Å². The molecule has 1 heterocycles. The first kappa shape index (κ1) is 19.4. The highest BCUT2D eigenvalue weighted by atomic mass is 79.9. The molecule has 24 heavy (non-hydrogen) atoms. The number of benzene rings is 1. The zero-order chi connectivity index (χ0) is 16.3. The number of halogens is 2. The largest absolute Gasteiger partial charge is 0.338 e. The molecule has 0 radical (unpaired) electrons. The molecule has 1 atom stereocenters. The van der Waals surface area contributed by atoms with Gasteiger partial charge in [0, 0.05) is 16.9 Å². The molecule has 2 aromatic rings. The van der Waals surface area contributed by atoms with Crippen LogP contribution in [-0.2, 0) is 11.8 Å². The first-order valence-electron chi connectivity index (χ1n) is 8.40. The van der Waals surface area contributed by atoms with Crippen LogP contribution in [0.5, 0.6) is 0 Å². The third-order valence-electron chi connectivity index (χ3n) is 4.94. The van der Waals surface area contributed by atoms with Gasteiger partial charge in [0.2, 0.25) is 5.89 Å². The van der Waals surface area contributed by atoms with Crippen LogP contribution in [0.4, 0.5) is 0 Å². The molecular weight excluding hydrogens is 390 g/mol. The molecule has 3 rings (SSSR count). The van der Waals surface area contributed by atoms with Gasteiger partial charge >= 0.3 is 0 Å². The van der Waals surface area contributed by atoms with Crippen LogP contribution in [0, 0.1) is 0 Å². The molecule has 0 bridgehead atoms. The average molecular weight is 415 g/mol. The van der Waals surface area contributed by atoms with Crippen LogP contribution in [-0.4, -0.2) is 23.2 Å². The predicted molar refractivity (Wildman–Crippen MR) is 102 cm³/mol. The fourth-order valence-corrected chi connectivity index (χ4v) is 3.87. The summed E-state index contributed by atoms with van der Waals surface area (Å²) in [7, 11) is 1.95. The Morgan fingerprint density at radius 2 is 2.04 bits per heavy atom. The summed E-state index contributed by atoms with van der Waals surface area (Å²) < 4.78 is 6.84. The van der Waals surface area contributed by atoms with Crippen molar-refractivity contribution >= 4 is 28.3 Å². The monoisotopic (exact) mass is 413 g/mol. The Kier molecular flexibility index (Phi) is 6.84. The van der Waals surface area contributed by atoms with Crippen molar-refractivity contribution in [2.24, 2.45) is 0 Å². The van der Waals surface area contributed by atoms with Crippen molar-refractivity contribution in [3.63, 3.8) is 0 Å². The van der Waals surface area contributed by atoms with Crippen molar-refractivity contribution in [1.29, 1.82) is 0 Å². The van der Waals surface area contributed by atoms with Crippen LogP contribution in [0.2, 0.25) is 0 Å². The van der Waals surface area contributed by atoms with E-state index in [1.165, 1.54) is 24.8 Å². The normalized spacial score (nSPS) is 18.0. The molecule has 1 unspecified atom stereocenters. The smallest absolute Gasteiger partial charge is 0.237 e. The lowest BCUT2D eigenvalue weighted by atomic mass is 9.69. The molecule has 6 heteroatoms. The number of nitrogens with zero attached hydrogens (tertiary/aromatic N) is 2. The van der Waals surface area contributed by atoms with E-state index < -0.39 is 0 Å². The van der Waals surface area contributed by atoms with Crippen molar-refractivity contribution in [1.82, 2.24) is 15.5 Å². The molecule has 0 aliphatic heterocycles. The minimum Gasteiger partial charge on any atom is -0.338 e. The van der Waals surface area contributed by atoms with Crippen LogP contribution in [0.3, 0.4) is 0 Å². The van der Waals surface area contributed by atoms with E-state index >= 15 is 0 Å². The van der Waals surface area contributed by atoms with E-state index in [9.17, 15) is 0 Å². The van der Waals surface area contributed by atoms with Gasteiger partial charge in [0.05, 0.1) is 5.41 Å². The quantitative estimate of drug-likeness (QED) is 0.773. The Hall–Kier alpha value is -0.910. The van der Waals surface area contributed by atoms with E-state index in [1.807, 2.05) is 7.05 Å². The summed E-state index contributed by atoms with van der Waals surface area (Å²) in [6.45, 7) is 2.13. The van der Waals surface area contributed by atoms with Crippen LogP contribution in [0.1, 0.15) is 56.3 Å². The second-order valence-corrected chi connectivity index (χ2v) is 7.48. The van der Waals surface area contributed by atoms with Gasteiger partial charge in [0.15, 0.2) is 5.82 Å². The lowest BCUT2D eigenvalue weighted by Gasteiger charge is -2.34. The van der Waals surface area contributed by atoms with Gasteiger partial charge in [-0.3, -0.25) is 0 Å². The van der Waals surface area contributed by atoms with Gasteiger partial charge in [-0.15, -0.1) is 12.4 Å². The number of hydrogen-bond donors (Lipinski definition) is 1. The fraction of sp³-hybridized carbons (Fsp3) is 0.556. The summed E-state index contributed by atoms with van der Waals surface area (Å²) in [5, 5.41) is 7.46. The van der Waals surface area contributed by atoms with Crippen molar-refractivity contribution in [3.05, 3.63) is 46.0 Å². The molecule has 132 valence electrons. The second-order valence-electron chi connectivity index (χ2n) is 6.56. The lowest BCUT2D eigenvalue weighted by Crippen LogP contribution is -2.31. The van der Waals surface area contributed by atoms with Crippen molar-refractivity contribution in [2.75, 3.05) is 7.05 Å². The first-order chi connectivity index (χ1) is 11.1. The van der Waals surface area contributed by atoms with Gasteiger partial charge in [-0.05, 0) is 44.5 Å². The third-order valence-corrected chi connectivity index (χ3v) is 5.44. The Morgan fingerprint density at radius 1 is 1.29 bits per heavy atom. The van der Waals surface area contributed by atoms with Crippen LogP contribution >= 0.6 is 28.3 Å². The maximum Gasteiger partial charge on any atom is 0.237 e. The number of rotatable bonds is 5. The minimum atomic E-state index is -0.129. The first-order valence-corrected chi connectivity index (χ1v) is 9.20. The Bertz CT molecular complexity index is 655. The molecule has 1 fully saturated rings. The van der Waals surface area contributed by atoms with Crippen LogP contribution in [0.15, 0.2) is 33.3 Å². The zero-order valence-electron chi connectivity index (χ0n) is 14.2. The highest BCUT2D eigenvalue weighted by molar-refractivity contribution is 9.10. The molecule has 4 nitrogen and oxygen atoms in total. The molecule has 0 amide bonds. The molecule has 1 aliphatic carbocycles. The standard InChI is InChI=1S/C18H24BrN3O.ClH/c1-13(20-2)11-16-21-17(23-22-16)18(9-4-3-5-10-18)14-7-6-8-15(19)12-14;/h6-8,12-13,20H,3-5,9-11H2,1-2H3;1H. The summed E-state index contributed by atoms with van der Waals surface area (Å²) >= 11 is 3.60. The lowest BCUT2D eigenvalue weighted by molar-refractivity contribution is 0.250. The Balaban J connectivity index is 0.00000208. The van der Waals surface area contributed by atoms with Gasteiger partial charge < -0.3 is 9.84 Å². The van der Waals surface area contributed by atoms with E-state index in [-0.39, 0.29) is 17.8 Å². The summed E-state index contributed by atoms with van der Waals surface area (Å²) in [5.74, 6) is 1.58. The van der Waals surface area contributed by atoms with E-state index in [4.69, 9.17) is 9.51 Å². The minimum absolute atomic E-state index is 0. The van der Waals surface area contributed by atoms with Gasteiger partial charge in [-0.2, -0.15) is 4.98 Å². The summed E-state index contributed by atoms with van der Waals surface area (Å²) in [6.07, 6.45) is 6.63. The maximum atomic E-state index is 5.74.